The van der Waals surface area contributed by atoms with Gasteiger partial charge in [0.2, 0.25) is 0 Å². The fourth-order valence-corrected chi connectivity index (χ4v) is 2.28. The molecule has 0 heterocycles. The zero-order valence-corrected chi connectivity index (χ0v) is 10.4. The first-order chi connectivity index (χ1) is 8.81. The molecule has 90 valence electrons. The van der Waals surface area contributed by atoms with Crippen molar-refractivity contribution >= 4 is 21.5 Å². The van der Waals surface area contributed by atoms with Crippen LogP contribution < -0.4 is 9.47 Å². The first-order valence-electron chi connectivity index (χ1n) is 5.86. The lowest BCUT2D eigenvalue weighted by Gasteiger charge is -2.10. The number of fused-ring (bicyclic) bond motifs is 2. The standard InChI is InChI=1S/C16H14O2/c1-17-14-8-13-7-11-5-3-4-6-12(11)9-15(13)16(10-14)18-2/h3-10H,1-2H3. The Bertz CT molecular complexity index is 717. The molecule has 3 rings (SSSR count). The molecule has 0 amide bonds. The number of hydrogen-bond donors (Lipinski definition) is 0. The highest BCUT2D eigenvalue weighted by Crippen LogP contribution is 2.33. The van der Waals surface area contributed by atoms with Gasteiger partial charge in [-0.15, -0.1) is 0 Å². The molecule has 0 aliphatic rings. The van der Waals surface area contributed by atoms with Gasteiger partial charge in [0.25, 0.3) is 0 Å². The van der Waals surface area contributed by atoms with E-state index in [0.717, 1.165) is 22.3 Å². The van der Waals surface area contributed by atoms with Crippen LogP contribution in [0.3, 0.4) is 0 Å². The molecule has 3 aromatic rings. The molecule has 0 atom stereocenters. The third-order valence-corrected chi connectivity index (χ3v) is 3.21. The summed E-state index contributed by atoms with van der Waals surface area (Å²) in [4.78, 5) is 0. The van der Waals surface area contributed by atoms with Gasteiger partial charge in [-0.3, -0.25) is 0 Å². The molecule has 0 aromatic heterocycles. The van der Waals surface area contributed by atoms with Crippen LogP contribution in [0, 0.1) is 0 Å². The van der Waals surface area contributed by atoms with E-state index in [4.69, 9.17) is 9.47 Å². The van der Waals surface area contributed by atoms with Crippen LogP contribution in [0.2, 0.25) is 0 Å². The summed E-state index contributed by atoms with van der Waals surface area (Å²) in [7, 11) is 3.35. The van der Waals surface area contributed by atoms with Crippen LogP contribution >= 0.6 is 0 Å². The Morgan fingerprint density at radius 2 is 1.44 bits per heavy atom. The van der Waals surface area contributed by atoms with Crippen molar-refractivity contribution in [2.75, 3.05) is 14.2 Å². The van der Waals surface area contributed by atoms with Gasteiger partial charge in [-0.2, -0.15) is 0 Å². The molecule has 0 unspecified atom stereocenters. The Hall–Kier alpha value is -2.22. The predicted octanol–water partition coefficient (Wildman–Crippen LogP) is 4.01. The van der Waals surface area contributed by atoms with Gasteiger partial charge in [0.15, 0.2) is 0 Å². The first-order valence-corrected chi connectivity index (χ1v) is 5.86. The molecular weight excluding hydrogens is 224 g/mol. The van der Waals surface area contributed by atoms with Crippen LogP contribution in [0.4, 0.5) is 0 Å². The Balaban J connectivity index is 2.41. The van der Waals surface area contributed by atoms with Crippen molar-refractivity contribution in [3.63, 3.8) is 0 Å². The number of methoxy groups -OCH3 is 2. The minimum Gasteiger partial charge on any atom is -0.497 e. The molecule has 0 aliphatic heterocycles. The van der Waals surface area contributed by atoms with E-state index < -0.39 is 0 Å². The zero-order chi connectivity index (χ0) is 12.5. The van der Waals surface area contributed by atoms with E-state index in [-0.39, 0.29) is 0 Å². The van der Waals surface area contributed by atoms with E-state index in [1.807, 2.05) is 24.3 Å². The average Bonchev–Trinajstić information content (AvgIpc) is 2.43. The van der Waals surface area contributed by atoms with Gasteiger partial charge in [-0.25, -0.2) is 0 Å². The summed E-state index contributed by atoms with van der Waals surface area (Å²) >= 11 is 0. The second-order valence-electron chi connectivity index (χ2n) is 4.25. The molecule has 0 N–H and O–H groups in total. The van der Waals surface area contributed by atoms with Crippen molar-refractivity contribution < 1.29 is 9.47 Å². The van der Waals surface area contributed by atoms with E-state index in [1.165, 1.54) is 10.8 Å². The fourth-order valence-electron chi connectivity index (χ4n) is 2.28. The molecule has 18 heavy (non-hydrogen) atoms. The molecular formula is C16H14O2. The Kier molecular flexibility index (Phi) is 2.56. The number of benzene rings is 3. The zero-order valence-electron chi connectivity index (χ0n) is 10.4. The Morgan fingerprint density at radius 1 is 0.722 bits per heavy atom. The molecule has 0 radical (unpaired) electrons. The molecule has 0 spiro atoms. The second-order valence-corrected chi connectivity index (χ2v) is 4.25. The summed E-state index contributed by atoms with van der Waals surface area (Å²) in [6.07, 6.45) is 0. The highest BCUT2D eigenvalue weighted by Gasteiger charge is 2.06. The minimum atomic E-state index is 0.814. The van der Waals surface area contributed by atoms with E-state index >= 15 is 0 Å². The van der Waals surface area contributed by atoms with Crippen molar-refractivity contribution in [3.8, 4) is 11.5 Å². The molecule has 0 bridgehead atoms. The van der Waals surface area contributed by atoms with Crippen LogP contribution in [0.1, 0.15) is 0 Å². The van der Waals surface area contributed by atoms with Crippen LogP contribution in [0.5, 0.6) is 11.5 Å². The largest absolute Gasteiger partial charge is 0.497 e. The molecule has 0 saturated heterocycles. The summed E-state index contributed by atoms with van der Waals surface area (Å²) in [6.45, 7) is 0. The lowest BCUT2D eigenvalue weighted by molar-refractivity contribution is 0.398. The summed E-state index contributed by atoms with van der Waals surface area (Å²) in [6, 6.07) is 16.6. The number of ether oxygens (including phenoxy) is 2. The van der Waals surface area contributed by atoms with Gasteiger partial charge in [0, 0.05) is 11.5 Å². The third kappa shape index (κ3) is 1.66. The summed E-state index contributed by atoms with van der Waals surface area (Å²) in [5.74, 6) is 1.66. The van der Waals surface area contributed by atoms with E-state index in [9.17, 15) is 0 Å². The Labute approximate surface area is 106 Å². The van der Waals surface area contributed by atoms with E-state index in [1.54, 1.807) is 14.2 Å². The second kappa shape index (κ2) is 4.22. The van der Waals surface area contributed by atoms with Crippen molar-refractivity contribution in [1.82, 2.24) is 0 Å². The molecule has 2 heteroatoms. The van der Waals surface area contributed by atoms with Crippen molar-refractivity contribution in [2.24, 2.45) is 0 Å². The molecule has 2 nitrogen and oxygen atoms in total. The average molecular weight is 238 g/mol. The lowest BCUT2D eigenvalue weighted by Crippen LogP contribution is -1.89. The van der Waals surface area contributed by atoms with Crippen molar-refractivity contribution in [2.45, 2.75) is 0 Å². The maximum atomic E-state index is 5.44. The fraction of sp³-hybridized carbons (Fsp3) is 0.125. The van der Waals surface area contributed by atoms with Crippen LogP contribution in [-0.4, -0.2) is 14.2 Å². The van der Waals surface area contributed by atoms with Crippen LogP contribution in [0.15, 0.2) is 48.5 Å². The maximum absolute atomic E-state index is 5.44. The quantitative estimate of drug-likeness (QED) is 0.628. The Morgan fingerprint density at radius 3 is 2.11 bits per heavy atom. The maximum Gasteiger partial charge on any atom is 0.130 e. The lowest BCUT2D eigenvalue weighted by atomic mass is 10.0. The van der Waals surface area contributed by atoms with Gasteiger partial charge < -0.3 is 9.47 Å². The molecule has 0 aliphatic carbocycles. The van der Waals surface area contributed by atoms with Gasteiger partial charge in [0.05, 0.1) is 14.2 Å². The first kappa shape index (κ1) is 10.9. The van der Waals surface area contributed by atoms with Gasteiger partial charge in [-0.1, -0.05) is 24.3 Å². The molecule has 3 aromatic carbocycles. The van der Waals surface area contributed by atoms with Crippen molar-refractivity contribution in [3.05, 3.63) is 48.5 Å². The summed E-state index contributed by atoms with van der Waals surface area (Å²) in [5, 5.41) is 4.68. The highest BCUT2D eigenvalue weighted by molar-refractivity contribution is 6.01. The van der Waals surface area contributed by atoms with Crippen LogP contribution in [0.25, 0.3) is 21.5 Å². The van der Waals surface area contributed by atoms with Gasteiger partial charge in [0.1, 0.15) is 11.5 Å². The van der Waals surface area contributed by atoms with Crippen molar-refractivity contribution in [1.29, 1.82) is 0 Å². The monoisotopic (exact) mass is 238 g/mol. The minimum absolute atomic E-state index is 0.814. The van der Waals surface area contributed by atoms with Gasteiger partial charge >= 0.3 is 0 Å². The summed E-state index contributed by atoms with van der Waals surface area (Å²) in [5.41, 5.74) is 0. The molecule has 0 saturated carbocycles. The number of rotatable bonds is 2. The summed E-state index contributed by atoms with van der Waals surface area (Å²) < 4.78 is 10.7. The van der Waals surface area contributed by atoms with E-state index in [0.29, 0.717) is 0 Å². The topological polar surface area (TPSA) is 18.5 Å². The highest BCUT2D eigenvalue weighted by atomic mass is 16.5. The third-order valence-electron chi connectivity index (χ3n) is 3.21. The number of hydrogen-bond acceptors (Lipinski definition) is 2. The van der Waals surface area contributed by atoms with Crippen LogP contribution in [-0.2, 0) is 0 Å². The normalized spacial score (nSPS) is 10.8. The predicted molar refractivity (Wildman–Crippen MR) is 74.6 cm³/mol. The smallest absolute Gasteiger partial charge is 0.130 e. The molecule has 0 fully saturated rings. The van der Waals surface area contributed by atoms with Gasteiger partial charge in [-0.05, 0) is 34.4 Å². The SMILES string of the molecule is COc1cc(OC)c2cc3ccccc3cc2c1. The van der Waals surface area contributed by atoms with E-state index in [2.05, 4.69) is 24.3 Å².